The lowest BCUT2D eigenvalue weighted by Gasteiger charge is -2.32. The molecule has 1 aliphatic heterocycles. The summed E-state index contributed by atoms with van der Waals surface area (Å²) in [6, 6.07) is 0. The fourth-order valence-corrected chi connectivity index (χ4v) is 3.71. The molecule has 1 aromatic heterocycles. The number of ether oxygens (including phenoxy) is 2. The lowest BCUT2D eigenvalue weighted by Crippen LogP contribution is -2.41. The number of amides is 1. The third-order valence-electron chi connectivity index (χ3n) is 3.89. The van der Waals surface area contributed by atoms with Gasteiger partial charge in [-0.15, -0.1) is 0 Å². The van der Waals surface area contributed by atoms with Crippen LogP contribution in [0.4, 0.5) is 5.13 Å². The molecule has 1 amide bonds. The van der Waals surface area contributed by atoms with Crippen molar-refractivity contribution >= 4 is 34.3 Å². The number of piperidine rings is 1. The number of aliphatic imine (C=N–C) groups is 1. The maximum Gasteiger partial charge on any atom is 0.332 e. The summed E-state index contributed by atoms with van der Waals surface area (Å²) in [5.41, 5.74) is 11.3. The second kappa shape index (κ2) is 9.48. The van der Waals surface area contributed by atoms with Crippen LogP contribution in [-0.4, -0.2) is 60.6 Å². The highest BCUT2D eigenvalue weighted by Gasteiger charge is 2.27. The Labute approximate surface area is 156 Å². The van der Waals surface area contributed by atoms with Gasteiger partial charge in [-0.3, -0.25) is 4.79 Å². The van der Waals surface area contributed by atoms with E-state index < -0.39 is 0 Å². The number of hydrogen-bond acceptors (Lipinski definition) is 7. The summed E-state index contributed by atoms with van der Waals surface area (Å²) in [7, 11) is 0. The Morgan fingerprint density at radius 3 is 2.88 bits per heavy atom. The van der Waals surface area contributed by atoms with Gasteiger partial charge in [0.2, 0.25) is 5.13 Å². The molecular formula is C16H25N5O4S. The molecule has 1 saturated heterocycles. The van der Waals surface area contributed by atoms with E-state index in [2.05, 4.69) is 9.98 Å². The topological polar surface area (TPSA) is 133 Å². The number of rotatable bonds is 7. The van der Waals surface area contributed by atoms with Crippen LogP contribution in [-0.2, 0) is 14.3 Å². The number of esters is 1. The maximum atomic E-state index is 12.8. The molecule has 26 heavy (non-hydrogen) atoms. The van der Waals surface area contributed by atoms with Gasteiger partial charge in [0.25, 0.3) is 5.91 Å². The van der Waals surface area contributed by atoms with E-state index in [0.29, 0.717) is 42.0 Å². The number of thiazole rings is 1. The van der Waals surface area contributed by atoms with Gasteiger partial charge in [-0.25, -0.2) is 9.78 Å². The van der Waals surface area contributed by atoms with Gasteiger partial charge in [-0.1, -0.05) is 11.3 Å². The van der Waals surface area contributed by atoms with Crippen molar-refractivity contribution in [3.63, 3.8) is 0 Å². The Bertz CT molecular complexity index is 672. The number of nitrogens with two attached hydrogens (primary N) is 2. The molecule has 2 rings (SSSR count). The van der Waals surface area contributed by atoms with Crippen molar-refractivity contribution in [3.8, 4) is 0 Å². The molecule has 0 radical (unpaired) electrons. The van der Waals surface area contributed by atoms with Crippen molar-refractivity contribution in [1.82, 2.24) is 9.88 Å². The molecule has 0 aliphatic carbocycles. The average molecular weight is 383 g/mol. The Balaban J connectivity index is 1.92. The third kappa shape index (κ3) is 5.67. The lowest BCUT2D eigenvalue weighted by atomic mass is 9.99. The second-order valence-electron chi connectivity index (χ2n) is 6.03. The van der Waals surface area contributed by atoms with E-state index >= 15 is 0 Å². The number of aromatic nitrogens is 1. The summed E-state index contributed by atoms with van der Waals surface area (Å²) in [5.74, 6) is -0.349. The minimum atomic E-state index is -0.371. The smallest absolute Gasteiger partial charge is 0.332 e. The number of nitrogens with zero attached hydrogens (tertiary/aromatic N) is 3. The average Bonchev–Trinajstić information content (AvgIpc) is 2.94. The number of guanidine groups is 1. The molecule has 4 N–H and O–H groups in total. The van der Waals surface area contributed by atoms with E-state index in [1.807, 2.05) is 0 Å². The number of carbonyl (C=O) groups is 2. The highest BCUT2D eigenvalue weighted by Crippen LogP contribution is 2.28. The first-order valence-corrected chi connectivity index (χ1v) is 9.32. The van der Waals surface area contributed by atoms with Crippen LogP contribution in [0.5, 0.6) is 0 Å². The Morgan fingerprint density at radius 2 is 2.19 bits per heavy atom. The molecule has 0 aromatic carbocycles. The van der Waals surface area contributed by atoms with Gasteiger partial charge in [-0.2, -0.15) is 4.99 Å². The van der Waals surface area contributed by atoms with E-state index in [1.54, 1.807) is 18.7 Å². The fourth-order valence-electron chi connectivity index (χ4n) is 2.78. The van der Waals surface area contributed by atoms with E-state index in [9.17, 15) is 9.59 Å². The van der Waals surface area contributed by atoms with Crippen molar-refractivity contribution in [2.45, 2.75) is 26.7 Å². The standard InChI is InChI=1S/C16H25N5O4S/c1-3-25-12(22)9-24-8-11-5-4-6-21(7-11)14(23)13-10(2)19-16(26-13)20-15(17)18/h11H,3-9H2,1-2H3,(H4,17,18,19,20)/t11-/m0/s1. The van der Waals surface area contributed by atoms with Gasteiger partial charge in [0.1, 0.15) is 11.5 Å². The molecule has 0 saturated carbocycles. The third-order valence-corrected chi connectivity index (χ3v) is 4.93. The molecule has 0 bridgehead atoms. The number of aryl methyl sites for hydroxylation is 1. The van der Waals surface area contributed by atoms with Crippen molar-refractivity contribution in [2.24, 2.45) is 22.4 Å². The molecule has 1 atom stereocenters. The second-order valence-corrected chi connectivity index (χ2v) is 7.00. The van der Waals surface area contributed by atoms with Crippen LogP contribution in [0, 0.1) is 12.8 Å². The van der Waals surface area contributed by atoms with E-state index in [-0.39, 0.29) is 30.4 Å². The molecule has 1 fully saturated rings. The molecule has 0 spiro atoms. The van der Waals surface area contributed by atoms with Crippen LogP contribution in [0.2, 0.25) is 0 Å². The molecule has 1 aliphatic rings. The Kier molecular flexibility index (Phi) is 7.34. The predicted molar refractivity (Wildman–Crippen MR) is 98.4 cm³/mol. The Hall–Kier alpha value is -2.20. The molecule has 9 nitrogen and oxygen atoms in total. The minimum absolute atomic E-state index is 0.0614. The fraction of sp³-hybridized carbons (Fsp3) is 0.625. The van der Waals surface area contributed by atoms with Gasteiger partial charge in [0.05, 0.1) is 18.9 Å². The first kappa shape index (κ1) is 20.1. The number of likely N-dealkylation sites (tertiary alicyclic amines) is 1. The highest BCUT2D eigenvalue weighted by atomic mass is 32.1. The zero-order valence-corrected chi connectivity index (χ0v) is 15.9. The van der Waals surface area contributed by atoms with Crippen molar-refractivity contribution in [2.75, 3.05) is 32.9 Å². The summed E-state index contributed by atoms with van der Waals surface area (Å²) in [4.78, 5) is 34.6. The summed E-state index contributed by atoms with van der Waals surface area (Å²) in [6.07, 6.45) is 1.84. The largest absolute Gasteiger partial charge is 0.464 e. The van der Waals surface area contributed by atoms with Crippen molar-refractivity contribution in [3.05, 3.63) is 10.6 Å². The van der Waals surface area contributed by atoms with Gasteiger partial charge < -0.3 is 25.8 Å². The van der Waals surface area contributed by atoms with Crippen molar-refractivity contribution < 1.29 is 19.1 Å². The monoisotopic (exact) mass is 383 g/mol. The quantitative estimate of drug-likeness (QED) is 0.404. The van der Waals surface area contributed by atoms with Crippen LogP contribution in [0.25, 0.3) is 0 Å². The van der Waals surface area contributed by atoms with Crippen LogP contribution < -0.4 is 11.5 Å². The van der Waals surface area contributed by atoms with E-state index in [1.165, 1.54) is 11.3 Å². The molecule has 2 heterocycles. The van der Waals surface area contributed by atoms with Crippen LogP contribution in [0.15, 0.2) is 4.99 Å². The summed E-state index contributed by atoms with van der Waals surface area (Å²) in [5, 5.41) is 0.372. The molecule has 0 unspecified atom stereocenters. The SMILES string of the molecule is CCOC(=O)COC[C@H]1CCCN(C(=O)c2sc(N=C(N)N)nc2C)C1. The summed E-state index contributed by atoms with van der Waals surface area (Å²) >= 11 is 1.18. The van der Waals surface area contributed by atoms with Gasteiger partial charge in [0.15, 0.2) is 5.96 Å². The number of hydrogen-bond donors (Lipinski definition) is 2. The first-order valence-electron chi connectivity index (χ1n) is 8.50. The van der Waals surface area contributed by atoms with Crippen LogP contribution in [0.1, 0.15) is 35.1 Å². The highest BCUT2D eigenvalue weighted by molar-refractivity contribution is 7.17. The maximum absolute atomic E-state index is 12.8. The van der Waals surface area contributed by atoms with Gasteiger partial charge in [0, 0.05) is 13.1 Å². The molecule has 1 aromatic rings. The number of carbonyl (C=O) groups excluding carboxylic acids is 2. The zero-order valence-electron chi connectivity index (χ0n) is 15.1. The summed E-state index contributed by atoms with van der Waals surface area (Å²) in [6.45, 7) is 5.47. The van der Waals surface area contributed by atoms with Crippen LogP contribution in [0.3, 0.4) is 0 Å². The normalized spacial score (nSPS) is 17.0. The van der Waals surface area contributed by atoms with Gasteiger partial charge in [-0.05, 0) is 32.6 Å². The lowest BCUT2D eigenvalue weighted by molar-refractivity contribution is -0.149. The summed E-state index contributed by atoms with van der Waals surface area (Å²) < 4.78 is 10.3. The van der Waals surface area contributed by atoms with Crippen LogP contribution >= 0.6 is 11.3 Å². The van der Waals surface area contributed by atoms with E-state index in [0.717, 1.165) is 12.8 Å². The van der Waals surface area contributed by atoms with E-state index in [4.69, 9.17) is 20.9 Å². The molecule has 144 valence electrons. The van der Waals surface area contributed by atoms with Gasteiger partial charge >= 0.3 is 5.97 Å². The van der Waals surface area contributed by atoms with Crippen molar-refractivity contribution in [1.29, 1.82) is 0 Å². The predicted octanol–water partition coefficient (Wildman–Crippen LogP) is 0.788. The molecule has 10 heteroatoms. The first-order chi connectivity index (χ1) is 12.4. The Morgan fingerprint density at radius 1 is 1.42 bits per heavy atom. The minimum Gasteiger partial charge on any atom is -0.464 e. The molecular weight excluding hydrogens is 358 g/mol. The zero-order chi connectivity index (χ0) is 19.1.